The van der Waals surface area contributed by atoms with Crippen LogP contribution in [-0.2, 0) is 18.4 Å². The summed E-state index contributed by atoms with van der Waals surface area (Å²) in [5, 5.41) is 8.89. The lowest BCUT2D eigenvalue weighted by Crippen LogP contribution is -2.32. The van der Waals surface area contributed by atoms with Gasteiger partial charge in [-0.05, 0) is 30.5 Å². The summed E-state index contributed by atoms with van der Waals surface area (Å²) in [4.78, 5) is 4.35. The molecule has 0 N–H and O–H groups in total. The van der Waals surface area contributed by atoms with Crippen LogP contribution in [0.2, 0.25) is 0 Å². The smallest absolute Gasteiger partial charge is 0.213 e. The maximum Gasteiger partial charge on any atom is 0.213 e. The van der Waals surface area contributed by atoms with Crippen LogP contribution in [0.15, 0.2) is 48.8 Å². The number of aromatic nitrogens is 5. The van der Waals surface area contributed by atoms with E-state index in [1.165, 1.54) is 22.4 Å². The van der Waals surface area contributed by atoms with E-state index in [9.17, 15) is 0 Å². The molecule has 1 aliphatic rings. The fourth-order valence-electron chi connectivity index (χ4n) is 3.91. The SMILES string of the molecule is COCc1nnc(C2C=CC(c3cc[n+](C)c(C)c3C)=CC2)n1-c1ccc(OC)nc1. The Morgan fingerprint density at radius 2 is 2.00 bits per heavy atom. The lowest BCUT2D eigenvalue weighted by atomic mass is 9.90. The Labute approximate surface area is 182 Å². The van der Waals surface area contributed by atoms with Crippen molar-refractivity contribution in [2.75, 3.05) is 14.2 Å². The molecule has 0 bridgehead atoms. The highest BCUT2D eigenvalue weighted by atomic mass is 16.5. The van der Waals surface area contributed by atoms with Gasteiger partial charge in [0.2, 0.25) is 5.88 Å². The molecule has 1 aliphatic carbocycles. The molecule has 0 fully saturated rings. The minimum atomic E-state index is 0.116. The second kappa shape index (κ2) is 8.81. The molecule has 0 radical (unpaired) electrons. The summed E-state index contributed by atoms with van der Waals surface area (Å²) in [5.74, 6) is 2.30. The lowest BCUT2D eigenvalue weighted by Gasteiger charge is -2.19. The first-order chi connectivity index (χ1) is 15.0. The topological polar surface area (TPSA) is 65.9 Å². The third kappa shape index (κ3) is 4.01. The van der Waals surface area contributed by atoms with Gasteiger partial charge in [-0.25, -0.2) is 9.55 Å². The van der Waals surface area contributed by atoms with Crippen LogP contribution in [0.3, 0.4) is 0 Å². The van der Waals surface area contributed by atoms with Crippen molar-refractivity contribution >= 4 is 5.57 Å². The minimum absolute atomic E-state index is 0.116. The van der Waals surface area contributed by atoms with E-state index in [1.807, 2.05) is 16.7 Å². The lowest BCUT2D eigenvalue weighted by molar-refractivity contribution is -0.678. The summed E-state index contributed by atoms with van der Waals surface area (Å²) in [6.45, 7) is 4.70. The number of hydrogen-bond donors (Lipinski definition) is 0. The number of ether oxygens (including phenoxy) is 2. The van der Waals surface area contributed by atoms with Crippen molar-refractivity contribution in [1.82, 2.24) is 19.7 Å². The van der Waals surface area contributed by atoms with Gasteiger partial charge >= 0.3 is 0 Å². The van der Waals surface area contributed by atoms with Gasteiger partial charge in [-0.3, -0.25) is 4.57 Å². The molecule has 3 heterocycles. The predicted octanol–water partition coefficient (Wildman–Crippen LogP) is 3.39. The molecule has 0 aromatic carbocycles. The van der Waals surface area contributed by atoms with Gasteiger partial charge in [-0.1, -0.05) is 18.2 Å². The molecule has 7 nitrogen and oxygen atoms in total. The van der Waals surface area contributed by atoms with E-state index in [0.29, 0.717) is 12.5 Å². The van der Waals surface area contributed by atoms with E-state index < -0.39 is 0 Å². The number of allylic oxidation sites excluding steroid dienone is 4. The first-order valence-corrected chi connectivity index (χ1v) is 10.3. The van der Waals surface area contributed by atoms with Crippen LogP contribution in [0, 0.1) is 13.8 Å². The Morgan fingerprint density at radius 3 is 2.65 bits per heavy atom. The van der Waals surface area contributed by atoms with E-state index in [0.717, 1.165) is 23.8 Å². The third-order valence-corrected chi connectivity index (χ3v) is 5.90. The largest absolute Gasteiger partial charge is 0.481 e. The molecule has 0 spiro atoms. The molecule has 1 atom stereocenters. The summed E-state index contributed by atoms with van der Waals surface area (Å²) < 4.78 is 14.7. The van der Waals surface area contributed by atoms with Crippen molar-refractivity contribution in [3.05, 3.63) is 77.3 Å². The van der Waals surface area contributed by atoms with Gasteiger partial charge in [-0.2, -0.15) is 0 Å². The van der Waals surface area contributed by atoms with Gasteiger partial charge in [0, 0.05) is 37.6 Å². The number of nitrogens with zero attached hydrogens (tertiary/aromatic N) is 5. The molecule has 0 saturated carbocycles. The van der Waals surface area contributed by atoms with Crippen LogP contribution in [-0.4, -0.2) is 34.0 Å². The van der Waals surface area contributed by atoms with Crippen molar-refractivity contribution in [3.63, 3.8) is 0 Å². The van der Waals surface area contributed by atoms with E-state index in [4.69, 9.17) is 9.47 Å². The van der Waals surface area contributed by atoms with Crippen LogP contribution in [0.25, 0.3) is 11.3 Å². The summed E-state index contributed by atoms with van der Waals surface area (Å²) in [7, 11) is 5.34. The molecular formula is C24H28N5O2+. The molecule has 4 rings (SSSR count). The number of pyridine rings is 2. The normalized spacial score (nSPS) is 15.8. The summed E-state index contributed by atoms with van der Waals surface area (Å²) in [6.07, 6.45) is 11.4. The second-order valence-corrected chi connectivity index (χ2v) is 7.71. The molecule has 160 valence electrons. The maximum absolute atomic E-state index is 5.34. The summed E-state index contributed by atoms with van der Waals surface area (Å²) >= 11 is 0. The Balaban J connectivity index is 1.66. The van der Waals surface area contributed by atoms with Crippen LogP contribution in [0.1, 0.15) is 40.8 Å². The number of rotatable bonds is 6. The quantitative estimate of drug-likeness (QED) is 0.574. The Hall–Kier alpha value is -3.32. The molecule has 0 amide bonds. The Morgan fingerprint density at radius 1 is 1.16 bits per heavy atom. The summed E-state index contributed by atoms with van der Waals surface area (Å²) in [6, 6.07) is 5.98. The van der Waals surface area contributed by atoms with Gasteiger partial charge in [0.1, 0.15) is 19.5 Å². The van der Waals surface area contributed by atoms with Crippen molar-refractivity contribution in [3.8, 4) is 11.6 Å². The van der Waals surface area contributed by atoms with Crippen LogP contribution in [0.5, 0.6) is 5.88 Å². The predicted molar refractivity (Wildman–Crippen MR) is 118 cm³/mol. The van der Waals surface area contributed by atoms with Gasteiger partial charge in [0.15, 0.2) is 17.7 Å². The van der Waals surface area contributed by atoms with Gasteiger partial charge in [0.25, 0.3) is 0 Å². The highest BCUT2D eigenvalue weighted by Crippen LogP contribution is 2.32. The zero-order valence-corrected chi connectivity index (χ0v) is 18.7. The first-order valence-electron chi connectivity index (χ1n) is 10.3. The molecular weight excluding hydrogens is 390 g/mol. The van der Waals surface area contributed by atoms with E-state index >= 15 is 0 Å². The van der Waals surface area contributed by atoms with Crippen LogP contribution < -0.4 is 9.30 Å². The number of methoxy groups -OCH3 is 2. The van der Waals surface area contributed by atoms with E-state index in [1.54, 1.807) is 20.4 Å². The van der Waals surface area contributed by atoms with Crippen LogP contribution >= 0.6 is 0 Å². The zero-order valence-electron chi connectivity index (χ0n) is 18.7. The molecule has 3 aromatic rings. The molecule has 0 aliphatic heterocycles. The van der Waals surface area contributed by atoms with Gasteiger partial charge < -0.3 is 9.47 Å². The maximum atomic E-state index is 5.34. The molecule has 0 saturated heterocycles. The Kier molecular flexibility index (Phi) is 5.95. The van der Waals surface area contributed by atoms with Crippen LogP contribution in [0.4, 0.5) is 0 Å². The van der Waals surface area contributed by atoms with Gasteiger partial charge in [0.05, 0.1) is 19.0 Å². The summed E-state index contributed by atoms with van der Waals surface area (Å²) in [5.41, 5.74) is 5.97. The number of aryl methyl sites for hydroxylation is 1. The number of hydrogen-bond acceptors (Lipinski definition) is 5. The first kappa shape index (κ1) is 20.9. The average Bonchev–Trinajstić information content (AvgIpc) is 3.22. The fraction of sp³-hybridized carbons (Fsp3) is 0.333. The van der Waals surface area contributed by atoms with Crippen molar-refractivity contribution in [2.24, 2.45) is 7.05 Å². The second-order valence-electron chi connectivity index (χ2n) is 7.71. The van der Waals surface area contributed by atoms with E-state index in [2.05, 4.69) is 71.1 Å². The molecule has 1 unspecified atom stereocenters. The van der Waals surface area contributed by atoms with Crippen molar-refractivity contribution in [2.45, 2.75) is 32.8 Å². The molecule has 31 heavy (non-hydrogen) atoms. The Bertz CT molecular complexity index is 1150. The van der Waals surface area contributed by atoms with Gasteiger partial charge in [-0.15, -0.1) is 10.2 Å². The zero-order chi connectivity index (χ0) is 22.0. The molecule has 3 aromatic heterocycles. The van der Waals surface area contributed by atoms with Crippen molar-refractivity contribution in [1.29, 1.82) is 0 Å². The minimum Gasteiger partial charge on any atom is -0.481 e. The third-order valence-electron chi connectivity index (χ3n) is 5.90. The fourth-order valence-corrected chi connectivity index (χ4v) is 3.91. The molecule has 7 heteroatoms. The van der Waals surface area contributed by atoms with E-state index in [-0.39, 0.29) is 5.92 Å². The highest BCUT2D eigenvalue weighted by molar-refractivity contribution is 5.77. The average molecular weight is 419 g/mol. The van der Waals surface area contributed by atoms with Crippen molar-refractivity contribution < 1.29 is 14.0 Å². The highest BCUT2D eigenvalue weighted by Gasteiger charge is 2.23. The monoisotopic (exact) mass is 418 g/mol. The standard InChI is InChI=1S/C24H28N5O2/c1-16-17(2)28(3)13-12-21(16)18-6-8-19(9-7-18)24-27-26-22(15-30-4)29(24)20-10-11-23(31-5)25-14-20/h6-8,10-14,19H,9,15H2,1-5H3/q+1.